The topological polar surface area (TPSA) is 76.5 Å². The van der Waals surface area contributed by atoms with Gasteiger partial charge in [-0.2, -0.15) is 5.10 Å². The molecule has 206 valence electrons. The van der Waals surface area contributed by atoms with Crippen LogP contribution in [0.4, 0.5) is 10.2 Å². The Morgan fingerprint density at radius 1 is 1.23 bits per heavy atom. The third-order valence-electron chi connectivity index (χ3n) is 6.89. The van der Waals surface area contributed by atoms with Gasteiger partial charge < -0.3 is 10.1 Å². The van der Waals surface area contributed by atoms with Gasteiger partial charge in [0.25, 0.3) is 0 Å². The smallest absolute Gasteiger partial charge is 0.240 e. The third kappa shape index (κ3) is 5.85. The molecule has 10 heteroatoms. The zero-order chi connectivity index (χ0) is 27.7. The van der Waals surface area contributed by atoms with Gasteiger partial charge in [0.1, 0.15) is 18.2 Å². The summed E-state index contributed by atoms with van der Waals surface area (Å²) in [4.78, 5) is 28.3. The lowest BCUT2D eigenvalue weighted by atomic mass is 9.87. The Hall–Kier alpha value is -2.88. The number of ether oxygens (including phenoxy) is 1. The van der Waals surface area contributed by atoms with E-state index in [0.29, 0.717) is 29.7 Å². The summed E-state index contributed by atoms with van der Waals surface area (Å²) in [7, 11) is 0. The number of nitrogens with zero attached hydrogens (tertiary/aromatic N) is 3. The number of amides is 2. The minimum absolute atomic E-state index is 0.0187. The molecule has 0 saturated carbocycles. The highest BCUT2D eigenvalue weighted by Gasteiger charge is 2.40. The van der Waals surface area contributed by atoms with Crippen molar-refractivity contribution in [2.24, 2.45) is 0 Å². The first kappa shape index (κ1) is 27.7. The lowest BCUT2D eigenvalue weighted by Gasteiger charge is -2.25. The van der Waals surface area contributed by atoms with Crippen LogP contribution in [0.1, 0.15) is 55.7 Å². The van der Waals surface area contributed by atoms with Crippen LogP contribution in [0, 0.1) is 5.82 Å². The maximum atomic E-state index is 14.4. The molecule has 3 aromatic rings. The SMILES string of the molecule is CC(C)(C)c1nn(-c2cccc(F)c2)c2c1[C@@H](c1ccccc1Cl)SCC(=O)N2CC(=O)NC[C@H]1CCCO1. The molecule has 0 unspecified atom stereocenters. The van der Waals surface area contributed by atoms with Gasteiger partial charge in [0.15, 0.2) is 0 Å². The van der Waals surface area contributed by atoms with Crippen molar-refractivity contribution in [2.45, 2.75) is 50.4 Å². The van der Waals surface area contributed by atoms with Gasteiger partial charge in [-0.1, -0.05) is 56.6 Å². The van der Waals surface area contributed by atoms with Crippen LogP contribution in [0.3, 0.4) is 0 Å². The molecule has 0 bridgehead atoms. The molecule has 1 saturated heterocycles. The van der Waals surface area contributed by atoms with Gasteiger partial charge in [-0.25, -0.2) is 9.07 Å². The second-order valence-corrected chi connectivity index (χ2v) is 12.4. The van der Waals surface area contributed by atoms with Crippen molar-refractivity contribution in [1.29, 1.82) is 0 Å². The number of hydrogen-bond acceptors (Lipinski definition) is 5. The van der Waals surface area contributed by atoms with E-state index in [0.717, 1.165) is 29.7 Å². The molecule has 1 N–H and O–H groups in total. The first-order valence-corrected chi connectivity index (χ1v) is 14.5. The van der Waals surface area contributed by atoms with E-state index in [1.165, 1.54) is 28.8 Å². The maximum Gasteiger partial charge on any atom is 0.240 e. The number of nitrogens with one attached hydrogen (secondary N) is 1. The number of halogens is 2. The first-order chi connectivity index (χ1) is 18.6. The monoisotopic (exact) mass is 570 g/mol. The van der Waals surface area contributed by atoms with E-state index in [1.807, 2.05) is 45.0 Å². The number of anilines is 1. The quantitative estimate of drug-likeness (QED) is 0.428. The second-order valence-electron chi connectivity index (χ2n) is 10.9. The summed E-state index contributed by atoms with van der Waals surface area (Å²) in [6, 6.07) is 13.6. The Balaban J connectivity index is 1.66. The minimum Gasteiger partial charge on any atom is -0.376 e. The highest BCUT2D eigenvalue weighted by Crippen LogP contribution is 2.49. The van der Waals surface area contributed by atoms with Crippen molar-refractivity contribution in [2.75, 3.05) is 30.3 Å². The lowest BCUT2D eigenvalue weighted by molar-refractivity contribution is -0.123. The van der Waals surface area contributed by atoms with Gasteiger partial charge in [-0.3, -0.25) is 14.5 Å². The number of fused-ring (bicyclic) bond motifs is 1. The van der Waals surface area contributed by atoms with Gasteiger partial charge in [0.05, 0.1) is 28.5 Å². The van der Waals surface area contributed by atoms with E-state index in [-0.39, 0.29) is 35.5 Å². The molecule has 0 spiro atoms. The number of hydrogen-bond donors (Lipinski definition) is 1. The van der Waals surface area contributed by atoms with E-state index in [2.05, 4.69) is 5.32 Å². The summed E-state index contributed by atoms with van der Waals surface area (Å²) >= 11 is 8.14. The molecule has 0 aliphatic carbocycles. The van der Waals surface area contributed by atoms with Crippen molar-refractivity contribution in [3.63, 3.8) is 0 Å². The molecule has 39 heavy (non-hydrogen) atoms. The molecule has 2 amide bonds. The standard InChI is InChI=1S/C29H32ClFN4O3S/c1-29(2,3)27-25-26(21-11-4-5-12-22(21)30)39-17-24(37)34(16-23(36)32-15-20-10-7-13-38-20)28(25)35(33-27)19-9-6-8-18(31)14-19/h4-6,8-9,11-12,14,20,26H,7,10,13,15-17H2,1-3H3,(H,32,36)/t20-,26-/m1/s1. The van der Waals surface area contributed by atoms with Crippen LogP contribution in [0.2, 0.25) is 5.02 Å². The molecule has 2 atom stereocenters. The molecule has 2 aliphatic rings. The number of carbonyl (C=O) groups is 2. The second kappa shape index (κ2) is 11.3. The molecule has 1 fully saturated rings. The Bertz CT molecular complexity index is 1380. The highest BCUT2D eigenvalue weighted by molar-refractivity contribution is 8.00. The van der Waals surface area contributed by atoms with E-state index < -0.39 is 11.2 Å². The molecular weight excluding hydrogens is 539 g/mol. The van der Waals surface area contributed by atoms with Crippen LogP contribution in [-0.2, 0) is 19.7 Å². The third-order valence-corrected chi connectivity index (χ3v) is 8.47. The molecule has 2 aliphatic heterocycles. The molecule has 1 aromatic heterocycles. The van der Waals surface area contributed by atoms with E-state index in [9.17, 15) is 14.0 Å². The zero-order valence-electron chi connectivity index (χ0n) is 22.2. The van der Waals surface area contributed by atoms with Crippen molar-refractivity contribution >= 4 is 41.0 Å². The number of carbonyl (C=O) groups excluding carboxylic acids is 2. The predicted octanol–water partition coefficient (Wildman–Crippen LogP) is 5.43. The van der Waals surface area contributed by atoms with E-state index in [1.54, 1.807) is 16.8 Å². The maximum absolute atomic E-state index is 14.4. The predicted molar refractivity (Wildman–Crippen MR) is 152 cm³/mol. The Kier molecular flexibility index (Phi) is 8.03. The van der Waals surface area contributed by atoms with Crippen molar-refractivity contribution in [3.8, 4) is 5.69 Å². The fourth-order valence-corrected chi connectivity index (χ4v) is 6.57. The largest absolute Gasteiger partial charge is 0.376 e. The lowest BCUT2D eigenvalue weighted by Crippen LogP contribution is -2.44. The first-order valence-electron chi connectivity index (χ1n) is 13.1. The Morgan fingerprint density at radius 3 is 2.72 bits per heavy atom. The fourth-order valence-electron chi connectivity index (χ4n) is 5.03. The van der Waals surface area contributed by atoms with Gasteiger partial charge in [-0.15, -0.1) is 11.8 Å². The number of rotatable bonds is 6. The van der Waals surface area contributed by atoms with Gasteiger partial charge in [-0.05, 0) is 42.7 Å². The molecule has 0 radical (unpaired) electrons. The van der Waals surface area contributed by atoms with Crippen LogP contribution < -0.4 is 10.2 Å². The molecule has 3 heterocycles. The zero-order valence-corrected chi connectivity index (χ0v) is 23.8. The van der Waals surface area contributed by atoms with Crippen LogP contribution in [0.25, 0.3) is 5.69 Å². The van der Waals surface area contributed by atoms with Gasteiger partial charge in [0, 0.05) is 29.2 Å². The minimum atomic E-state index is -0.427. The van der Waals surface area contributed by atoms with E-state index >= 15 is 0 Å². The average molecular weight is 571 g/mol. The molecular formula is C29H32ClFN4O3S. The van der Waals surface area contributed by atoms with Crippen LogP contribution in [-0.4, -0.2) is 53.1 Å². The number of thioether (sulfide) groups is 1. The number of aromatic nitrogens is 2. The highest BCUT2D eigenvalue weighted by atomic mass is 35.5. The summed E-state index contributed by atoms with van der Waals surface area (Å²) in [6.45, 7) is 7.03. The van der Waals surface area contributed by atoms with Gasteiger partial charge >= 0.3 is 0 Å². The summed E-state index contributed by atoms with van der Waals surface area (Å²) in [5.41, 5.74) is 2.43. The number of benzene rings is 2. The van der Waals surface area contributed by atoms with Crippen molar-refractivity contribution < 1.29 is 18.7 Å². The Labute approximate surface area is 237 Å². The van der Waals surface area contributed by atoms with Crippen molar-refractivity contribution in [1.82, 2.24) is 15.1 Å². The van der Waals surface area contributed by atoms with Crippen molar-refractivity contribution in [3.05, 3.63) is 76.2 Å². The summed E-state index contributed by atoms with van der Waals surface area (Å²) in [6.07, 6.45) is 1.84. The average Bonchev–Trinajstić information content (AvgIpc) is 3.53. The molecule has 7 nitrogen and oxygen atoms in total. The summed E-state index contributed by atoms with van der Waals surface area (Å²) < 4.78 is 21.6. The van der Waals surface area contributed by atoms with Crippen LogP contribution >= 0.6 is 23.4 Å². The summed E-state index contributed by atoms with van der Waals surface area (Å²) in [5.74, 6) is -0.364. The molecule has 2 aromatic carbocycles. The Morgan fingerprint density at radius 2 is 2.03 bits per heavy atom. The fraction of sp³-hybridized carbons (Fsp3) is 0.414. The van der Waals surface area contributed by atoms with E-state index in [4.69, 9.17) is 21.4 Å². The van der Waals surface area contributed by atoms with Crippen LogP contribution in [0.15, 0.2) is 48.5 Å². The summed E-state index contributed by atoms with van der Waals surface area (Å²) in [5, 5.41) is 8.15. The molecule has 5 rings (SSSR count). The van der Waals surface area contributed by atoms with Gasteiger partial charge in [0.2, 0.25) is 11.8 Å². The normalized spacial score (nSPS) is 19.6. The van der Waals surface area contributed by atoms with Crippen LogP contribution in [0.5, 0.6) is 0 Å².